The van der Waals surface area contributed by atoms with Crippen LogP contribution >= 0.6 is 0 Å². The van der Waals surface area contributed by atoms with E-state index in [2.05, 4.69) is 16.5 Å². The van der Waals surface area contributed by atoms with E-state index in [1.165, 1.54) is 24.2 Å². The fraction of sp³-hybridized carbons (Fsp3) is 0.714. The molecule has 3 rings (SSSR count). The zero-order valence-corrected chi connectivity index (χ0v) is 10.9. The molecule has 1 aromatic heterocycles. The third-order valence-corrected chi connectivity index (χ3v) is 4.40. The van der Waals surface area contributed by atoms with Crippen LogP contribution in [0.5, 0.6) is 0 Å². The third kappa shape index (κ3) is 2.04. The Bertz CT molecular complexity index is 486. The fourth-order valence-corrected chi connectivity index (χ4v) is 3.17. The molecule has 2 aliphatic rings. The van der Waals surface area contributed by atoms with E-state index >= 15 is 0 Å². The van der Waals surface area contributed by atoms with Gasteiger partial charge in [-0.05, 0) is 50.9 Å². The molecule has 0 unspecified atom stereocenters. The summed E-state index contributed by atoms with van der Waals surface area (Å²) in [5, 5.41) is 9.00. The maximum Gasteiger partial charge on any atom is 0.303 e. The Labute approximate surface area is 107 Å². The lowest BCUT2D eigenvalue weighted by atomic mass is 9.99. The maximum atomic E-state index is 10.9. The number of aliphatic carboxylic acids is 1. The number of aryl methyl sites for hydroxylation is 2. The van der Waals surface area contributed by atoms with Crippen LogP contribution in [0.1, 0.15) is 49.3 Å². The number of carboxylic acid groups (broad SMARTS) is 1. The van der Waals surface area contributed by atoms with Gasteiger partial charge in [-0.25, -0.2) is 4.98 Å². The van der Waals surface area contributed by atoms with Gasteiger partial charge in [-0.15, -0.1) is 0 Å². The van der Waals surface area contributed by atoms with Crippen molar-refractivity contribution >= 4 is 5.97 Å². The number of nitrogens with zero attached hydrogens (tertiary/aromatic N) is 2. The minimum atomic E-state index is -0.667. The van der Waals surface area contributed by atoms with Crippen LogP contribution in [0.3, 0.4) is 0 Å². The van der Waals surface area contributed by atoms with E-state index in [0.717, 1.165) is 38.1 Å². The normalized spacial score (nSPS) is 20.5. The minimum absolute atomic E-state index is 0.0164. The van der Waals surface area contributed by atoms with E-state index in [0.29, 0.717) is 6.42 Å². The van der Waals surface area contributed by atoms with Crippen LogP contribution in [0.25, 0.3) is 0 Å². The predicted molar refractivity (Wildman–Crippen MR) is 67.5 cm³/mol. The molecule has 0 aromatic carbocycles. The second kappa shape index (κ2) is 4.11. The summed E-state index contributed by atoms with van der Waals surface area (Å²) < 4.78 is 2.30. The minimum Gasteiger partial charge on any atom is -0.481 e. The van der Waals surface area contributed by atoms with Crippen molar-refractivity contribution in [2.45, 2.75) is 58.4 Å². The highest BCUT2D eigenvalue weighted by Crippen LogP contribution is 2.50. The Balaban J connectivity index is 1.84. The molecule has 98 valence electrons. The van der Waals surface area contributed by atoms with Crippen molar-refractivity contribution in [2.75, 3.05) is 0 Å². The topological polar surface area (TPSA) is 55.1 Å². The fourth-order valence-electron chi connectivity index (χ4n) is 3.17. The van der Waals surface area contributed by atoms with Crippen molar-refractivity contribution in [1.29, 1.82) is 0 Å². The standard InChI is InChI=1S/C14H20N2O2/c1-10-15-11-4-2-3-5-12(11)16(10)9-14(6-7-14)8-13(17)18/h2-9H2,1H3,(H,17,18). The zero-order valence-electron chi connectivity index (χ0n) is 10.9. The van der Waals surface area contributed by atoms with Crippen LogP contribution in [-0.2, 0) is 24.2 Å². The van der Waals surface area contributed by atoms with Crippen molar-refractivity contribution in [2.24, 2.45) is 5.41 Å². The summed E-state index contributed by atoms with van der Waals surface area (Å²) in [6.45, 7) is 2.91. The molecule has 1 N–H and O–H groups in total. The number of carbonyl (C=O) groups is 1. The van der Waals surface area contributed by atoms with Crippen molar-refractivity contribution in [3.05, 3.63) is 17.2 Å². The van der Waals surface area contributed by atoms with Gasteiger partial charge in [-0.3, -0.25) is 4.79 Å². The highest BCUT2D eigenvalue weighted by Gasteiger charge is 2.45. The molecule has 4 heteroatoms. The van der Waals surface area contributed by atoms with Crippen molar-refractivity contribution in [1.82, 2.24) is 9.55 Å². The summed E-state index contributed by atoms with van der Waals surface area (Å²) in [5.41, 5.74) is 2.64. The van der Waals surface area contributed by atoms with E-state index in [-0.39, 0.29) is 5.41 Å². The lowest BCUT2D eigenvalue weighted by Gasteiger charge is -2.19. The molecule has 1 aromatic rings. The molecular weight excluding hydrogens is 228 g/mol. The summed E-state index contributed by atoms with van der Waals surface area (Å²) in [5.74, 6) is 0.401. The molecule has 1 heterocycles. The van der Waals surface area contributed by atoms with Crippen LogP contribution in [0, 0.1) is 12.3 Å². The van der Waals surface area contributed by atoms with Gasteiger partial charge in [-0.2, -0.15) is 0 Å². The second-order valence-corrected chi connectivity index (χ2v) is 5.92. The van der Waals surface area contributed by atoms with Crippen molar-refractivity contribution in [3.8, 4) is 0 Å². The SMILES string of the molecule is Cc1nc2c(n1CC1(CC(=O)O)CC1)CCCC2. The molecule has 0 bridgehead atoms. The first-order chi connectivity index (χ1) is 8.60. The molecule has 2 aliphatic carbocycles. The molecule has 1 fully saturated rings. The summed E-state index contributed by atoms with van der Waals surface area (Å²) in [7, 11) is 0. The van der Waals surface area contributed by atoms with E-state index in [1.807, 2.05) is 0 Å². The molecule has 18 heavy (non-hydrogen) atoms. The second-order valence-electron chi connectivity index (χ2n) is 5.92. The summed E-state index contributed by atoms with van der Waals surface area (Å²) >= 11 is 0. The Kier molecular flexibility index (Phi) is 2.68. The van der Waals surface area contributed by atoms with Gasteiger partial charge in [-0.1, -0.05) is 0 Å². The van der Waals surface area contributed by atoms with E-state index in [1.54, 1.807) is 0 Å². The lowest BCUT2D eigenvalue weighted by molar-refractivity contribution is -0.138. The summed E-state index contributed by atoms with van der Waals surface area (Å²) in [4.78, 5) is 15.6. The predicted octanol–water partition coefficient (Wildman–Crippen LogP) is 2.33. The number of carboxylic acids is 1. The Hall–Kier alpha value is -1.32. The highest BCUT2D eigenvalue weighted by molar-refractivity contribution is 5.68. The molecule has 0 saturated heterocycles. The Morgan fingerprint density at radius 1 is 1.39 bits per heavy atom. The quantitative estimate of drug-likeness (QED) is 0.889. The Morgan fingerprint density at radius 3 is 2.78 bits per heavy atom. The molecule has 1 saturated carbocycles. The van der Waals surface area contributed by atoms with Crippen LogP contribution in [-0.4, -0.2) is 20.6 Å². The molecule has 0 aliphatic heterocycles. The molecule has 0 atom stereocenters. The van der Waals surface area contributed by atoms with E-state index in [9.17, 15) is 4.79 Å². The van der Waals surface area contributed by atoms with Gasteiger partial charge in [0.1, 0.15) is 5.82 Å². The van der Waals surface area contributed by atoms with Gasteiger partial charge in [0.25, 0.3) is 0 Å². The van der Waals surface area contributed by atoms with Crippen LogP contribution in [0.15, 0.2) is 0 Å². The van der Waals surface area contributed by atoms with Crippen molar-refractivity contribution in [3.63, 3.8) is 0 Å². The molecule has 0 amide bonds. The number of imidazole rings is 1. The average molecular weight is 248 g/mol. The summed E-state index contributed by atoms with van der Waals surface area (Å²) in [6, 6.07) is 0. The van der Waals surface area contributed by atoms with Crippen LogP contribution < -0.4 is 0 Å². The number of hydrogen-bond acceptors (Lipinski definition) is 2. The van der Waals surface area contributed by atoms with Gasteiger partial charge >= 0.3 is 5.97 Å². The smallest absolute Gasteiger partial charge is 0.303 e. The highest BCUT2D eigenvalue weighted by atomic mass is 16.4. The maximum absolute atomic E-state index is 10.9. The first-order valence-electron chi connectivity index (χ1n) is 6.86. The number of hydrogen-bond donors (Lipinski definition) is 1. The monoisotopic (exact) mass is 248 g/mol. The lowest BCUT2D eigenvalue weighted by Crippen LogP contribution is -2.19. The number of aromatic nitrogens is 2. The average Bonchev–Trinajstić information content (AvgIpc) is 2.98. The van der Waals surface area contributed by atoms with Crippen LogP contribution in [0.4, 0.5) is 0 Å². The van der Waals surface area contributed by atoms with Gasteiger partial charge in [0, 0.05) is 12.2 Å². The molecule has 0 radical (unpaired) electrons. The van der Waals surface area contributed by atoms with Gasteiger partial charge < -0.3 is 9.67 Å². The zero-order chi connectivity index (χ0) is 12.8. The first-order valence-corrected chi connectivity index (χ1v) is 6.86. The largest absolute Gasteiger partial charge is 0.481 e. The summed E-state index contributed by atoms with van der Waals surface area (Å²) in [6.07, 6.45) is 7.08. The third-order valence-electron chi connectivity index (χ3n) is 4.40. The van der Waals surface area contributed by atoms with Crippen molar-refractivity contribution < 1.29 is 9.90 Å². The van der Waals surface area contributed by atoms with E-state index in [4.69, 9.17) is 5.11 Å². The van der Waals surface area contributed by atoms with E-state index < -0.39 is 5.97 Å². The van der Waals surface area contributed by atoms with Gasteiger partial charge in [0.05, 0.1) is 12.1 Å². The van der Waals surface area contributed by atoms with Gasteiger partial charge in [0.15, 0.2) is 0 Å². The number of rotatable bonds is 4. The van der Waals surface area contributed by atoms with Crippen LogP contribution in [0.2, 0.25) is 0 Å². The molecule has 0 spiro atoms. The molecular formula is C14H20N2O2. The molecule has 4 nitrogen and oxygen atoms in total. The van der Waals surface area contributed by atoms with Gasteiger partial charge in [0.2, 0.25) is 0 Å². The Morgan fingerprint density at radius 2 is 2.11 bits per heavy atom. The number of fused-ring (bicyclic) bond motifs is 1. The first kappa shape index (κ1) is 11.8.